The molecule has 0 aliphatic rings. The van der Waals surface area contributed by atoms with Crippen LogP contribution in [0.4, 0.5) is 0 Å². The molecule has 0 N–H and O–H groups in total. The predicted molar refractivity (Wildman–Crippen MR) is 62.1 cm³/mol. The minimum absolute atomic E-state index is 0.253. The number of Topliss-reactive ketones (excluding diaryl/α,β-unsaturated/α-hetero) is 1. The number of benzene rings is 1. The zero-order valence-corrected chi connectivity index (χ0v) is 9.39. The van der Waals surface area contributed by atoms with E-state index in [1.54, 1.807) is 6.92 Å². The van der Waals surface area contributed by atoms with Crippen LogP contribution < -0.4 is 0 Å². The summed E-state index contributed by atoms with van der Waals surface area (Å²) in [5, 5.41) is 8.17. The van der Waals surface area contributed by atoms with E-state index in [4.69, 9.17) is 0 Å². The molecule has 4 nitrogen and oxygen atoms in total. The first-order chi connectivity index (χ1) is 7.77. The van der Waals surface area contributed by atoms with Gasteiger partial charge in [0.1, 0.15) is 11.3 Å². The number of fused-ring (bicyclic) bond motifs is 1. The molecule has 1 heterocycles. The van der Waals surface area contributed by atoms with E-state index in [2.05, 4.69) is 10.3 Å². The lowest BCUT2D eigenvalue weighted by atomic mass is 10.2. The lowest BCUT2D eigenvalue weighted by molar-refractivity contribution is -0.117. The highest BCUT2D eigenvalue weighted by atomic mass is 16.1. The lowest BCUT2D eigenvalue weighted by Gasteiger charge is -2.00. The molecule has 0 aliphatic heterocycles. The van der Waals surface area contributed by atoms with E-state index in [-0.39, 0.29) is 5.78 Å². The topological polar surface area (TPSA) is 47.8 Å². The Balaban J connectivity index is 1.97. The summed E-state index contributed by atoms with van der Waals surface area (Å²) in [6.45, 7) is 2.46. The van der Waals surface area contributed by atoms with Crippen molar-refractivity contribution in [2.45, 2.75) is 32.7 Å². The molecular formula is C12H15N3O. The number of carbonyl (C=O) groups excluding carboxylic acids is 1. The molecule has 2 aromatic rings. The van der Waals surface area contributed by atoms with Crippen LogP contribution in [0.1, 0.15) is 26.2 Å². The van der Waals surface area contributed by atoms with Gasteiger partial charge in [0, 0.05) is 13.0 Å². The van der Waals surface area contributed by atoms with E-state index in [1.165, 1.54) is 0 Å². The fourth-order valence-electron chi connectivity index (χ4n) is 1.72. The first-order valence-corrected chi connectivity index (χ1v) is 5.55. The van der Waals surface area contributed by atoms with Crippen molar-refractivity contribution >= 4 is 16.8 Å². The van der Waals surface area contributed by atoms with Gasteiger partial charge in [0.15, 0.2) is 0 Å². The van der Waals surface area contributed by atoms with Gasteiger partial charge in [-0.2, -0.15) is 0 Å². The Kier molecular flexibility index (Phi) is 3.29. The van der Waals surface area contributed by atoms with Crippen LogP contribution in [-0.4, -0.2) is 20.8 Å². The van der Waals surface area contributed by atoms with Gasteiger partial charge in [-0.1, -0.05) is 17.3 Å². The number of ketones is 1. The van der Waals surface area contributed by atoms with Gasteiger partial charge in [-0.15, -0.1) is 5.10 Å². The molecule has 0 fully saturated rings. The average molecular weight is 217 g/mol. The summed E-state index contributed by atoms with van der Waals surface area (Å²) in [5.41, 5.74) is 1.99. The average Bonchev–Trinajstić information content (AvgIpc) is 2.68. The number of para-hydroxylation sites is 1. The summed E-state index contributed by atoms with van der Waals surface area (Å²) in [6.07, 6.45) is 2.54. The maximum absolute atomic E-state index is 10.8. The molecule has 0 unspecified atom stereocenters. The molecular weight excluding hydrogens is 202 g/mol. The summed E-state index contributed by atoms with van der Waals surface area (Å²) in [7, 11) is 0. The van der Waals surface area contributed by atoms with E-state index in [9.17, 15) is 4.79 Å². The third-order valence-electron chi connectivity index (χ3n) is 2.57. The number of hydrogen-bond acceptors (Lipinski definition) is 3. The standard InChI is InChI=1S/C12H15N3O/c1-10(16)6-4-5-9-15-12-8-3-2-7-11(12)13-14-15/h2-3,7-8H,4-6,9H2,1H3. The van der Waals surface area contributed by atoms with Crippen molar-refractivity contribution in [2.24, 2.45) is 0 Å². The Hall–Kier alpha value is -1.71. The molecule has 1 aromatic carbocycles. The maximum atomic E-state index is 10.8. The number of aromatic nitrogens is 3. The Labute approximate surface area is 94.3 Å². The summed E-state index contributed by atoms with van der Waals surface area (Å²) >= 11 is 0. The highest BCUT2D eigenvalue weighted by molar-refractivity contribution is 5.75. The highest BCUT2D eigenvalue weighted by Gasteiger charge is 2.02. The summed E-state index contributed by atoms with van der Waals surface area (Å²) in [6, 6.07) is 7.91. The van der Waals surface area contributed by atoms with Crippen molar-refractivity contribution in [2.75, 3.05) is 0 Å². The number of aryl methyl sites for hydroxylation is 1. The second kappa shape index (κ2) is 4.88. The number of unbranched alkanes of at least 4 members (excludes halogenated alkanes) is 1. The van der Waals surface area contributed by atoms with Gasteiger partial charge in [0.05, 0.1) is 5.52 Å². The van der Waals surface area contributed by atoms with E-state index in [1.807, 2.05) is 28.9 Å². The van der Waals surface area contributed by atoms with Gasteiger partial charge in [-0.25, -0.2) is 4.68 Å². The number of carbonyl (C=O) groups is 1. The number of nitrogens with zero attached hydrogens (tertiary/aromatic N) is 3. The molecule has 0 aliphatic carbocycles. The van der Waals surface area contributed by atoms with Crippen LogP contribution >= 0.6 is 0 Å². The summed E-state index contributed by atoms with van der Waals surface area (Å²) in [5.74, 6) is 0.253. The van der Waals surface area contributed by atoms with Crippen LogP contribution in [0.25, 0.3) is 11.0 Å². The van der Waals surface area contributed by atoms with Crippen molar-refractivity contribution in [3.63, 3.8) is 0 Å². The van der Waals surface area contributed by atoms with Gasteiger partial charge < -0.3 is 4.79 Å². The molecule has 2 rings (SSSR count). The molecule has 4 heteroatoms. The predicted octanol–water partition coefficient (Wildman–Crippen LogP) is 2.19. The van der Waals surface area contributed by atoms with E-state index < -0.39 is 0 Å². The van der Waals surface area contributed by atoms with Gasteiger partial charge >= 0.3 is 0 Å². The second-order valence-corrected chi connectivity index (χ2v) is 3.96. The Morgan fingerprint density at radius 1 is 1.31 bits per heavy atom. The fraction of sp³-hybridized carbons (Fsp3) is 0.417. The van der Waals surface area contributed by atoms with Crippen LogP contribution in [0.5, 0.6) is 0 Å². The monoisotopic (exact) mass is 217 g/mol. The molecule has 0 saturated carbocycles. The summed E-state index contributed by atoms with van der Waals surface area (Å²) < 4.78 is 1.90. The smallest absolute Gasteiger partial charge is 0.129 e. The van der Waals surface area contributed by atoms with E-state index in [0.717, 1.165) is 30.4 Å². The van der Waals surface area contributed by atoms with Crippen LogP contribution in [0.15, 0.2) is 24.3 Å². The van der Waals surface area contributed by atoms with Crippen molar-refractivity contribution < 1.29 is 4.79 Å². The van der Waals surface area contributed by atoms with Crippen LogP contribution in [0.2, 0.25) is 0 Å². The summed E-state index contributed by atoms with van der Waals surface area (Å²) in [4.78, 5) is 10.8. The van der Waals surface area contributed by atoms with Crippen LogP contribution in [0, 0.1) is 0 Å². The number of rotatable bonds is 5. The van der Waals surface area contributed by atoms with Gasteiger partial charge in [0.2, 0.25) is 0 Å². The molecule has 0 radical (unpaired) electrons. The van der Waals surface area contributed by atoms with Crippen molar-refractivity contribution in [1.82, 2.24) is 15.0 Å². The van der Waals surface area contributed by atoms with Crippen molar-refractivity contribution in [1.29, 1.82) is 0 Å². The van der Waals surface area contributed by atoms with Gasteiger partial charge in [-0.05, 0) is 31.9 Å². The quantitative estimate of drug-likeness (QED) is 0.721. The second-order valence-electron chi connectivity index (χ2n) is 3.96. The fourth-order valence-corrected chi connectivity index (χ4v) is 1.72. The molecule has 16 heavy (non-hydrogen) atoms. The number of hydrogen-bond donors (Lipinski definition) is 0. The molecule has 0 bridgehead atoms. The zero-order chi connectivity index (χ0) is 11.4. The Morgan fingerprint density at radius 2 is 2.12 bits per heavy atom. The normalized spacial score (nSPS) is 10.8. The van der Waals surface area contributed by atoms with Crippen molar-refractivity contribution in [3.05, 3.63) is 24.3 Å². The largest absolute Gasteiger partial charge is 0.300 e. The molecule has 0 saturated heterocycles. The SMILES string of the molecule is CC(=O)CCCCn1nnc2ccccc21. The molecule has 0 spiro atoms. The zero-order valence-electron chi connectivity index (χ0n) is 9.39. The maximum Gasteiger partial charge on any atom is 0.129 e. The Morgan fingerprint density at radius 3 is 2.94 bits per heavy atom. The third kappa shape index (κ3) is 2.45. The van der Waals surface area contributed by atoms with Gasteiger partial charge in [-0.3, -0.25) is 0 Å². The minimum Gasteiger partial charge on any atom is -0.300 e. The first-order valence-electron chi connectivity index (χ1n) is 5.55. The van der Waals surface area contributed by atoms with Crippen LogP contribution in [-0.2, 0) is 11.3 Å². The van der Waals surface area contributed by atoms with Gasteiger partial charge in [0.25, 0.3) is 0 Å². The molecule has 1 aromatic heterocycles. The lowest BCUT2D eigenvalue weighted by Crippen LogP contribution is -2.01. The van der Waals surface area contributed by atoms with Crippen LogP contribution in [0.3, 0.4) is 0 Å². The van der Waals surface area contributed by atoms with E-state index in [0.29, 0.717) is 6.42 Å². The minimum atomic E-state index is 0.253. The molecule has 0 amide bonds. The van der Waals surface area contributed by atoms with E-state index >= 15 is 0 Å². The highest BCUT2D eigenvalue weighted by Crippen LogP contribution is 2.10. The first kappa shape index (κ1) is 10.8. The molecule has 84 valence electrons. The Bertz CT molecular complexity index is 490. The van der Waals surface area contributed by atoms with Crippen molar-refractivity contribution in [3.8, 4) is 0 Å². The third-order valence-corrected chi connectivity index (χ3v) is 2.57. The molecule has 0 atom stereocenters.